The summed E-state index contributed by atoms with van der Waals surface area (Å²) in [5.41, 5.74) is 0. The van der Waals surface area contributed by atoms with E-state index in [4.69, 9.17) is 92.8 Å². The van der Waals surface area contributed by atoms with Crippen molar-refractivity contribution in [1.29, 1.82) is 0 Å². The van der Waals surface area contributed by atoms with Gasteiger partial charge in [-0.05, 0) is 12.3 Å². The Morgan fingerprint density at radius 1 is 0.889 bits per heavy atom. The van der Waals surface area contributed by atoms with Crippen molar-refractivity contribution in [2.75, 3.05) is 0 Å². The molecule has 0 aromatic heterocycles. The highest BCUT2D eigenvalue weighted by molar-refractivity contribution is 6.66. The summed E-state index contributed by atoms with van der Waals surface area (Å²) >= 11 is 51.0. The summed E-state index contributed by atoms with van der Waals surface area (Å²) in [5, 5.41) is -0.259. The van der Waals surface area contributed by atoms with Crippen molar-refractivity contribution < 1.29 is 0 Å². The van der Waals surface area contributed by atoms with E-state index < -0.39 is 19.5 Å². The molecule has 0 aromatic rings. The van der Waals surface area contributed by atoms with Crippen molar-refractivity contribution in [2.24, 2.45) is 11.8 Å². The third-order valence-corrected chi connectivity index (χ3v) is 9.79. The van der Waals surface area contributed by atoms with E-state index in [0.717, 1.165) is 0 Å². The van der Waals surface area contributed by atoms with Crippen LogP contribution in [-0.2, 0) is 0 Å². The monoisotopic (exact) mass is 406 g/mol. The average molecular weight is 410 g/mol. The predicted molar refractivity (Wildman–Crippen MR) is 81.2 cm³/mol. The Hall–Kier alpha value is 2.06. The molecule has 0 heterocycles. The van der Waals surface area contributed by atoms with Gasteiger partial charge in [0.2, 0.25) is 0 Å². The Morgan fingerprint density at radius 2 is 1.39 bits per heavy atom. The van der Waals surface area contributed by atoms with Gasteiger partial charge in [-0.25, -0.2) is 0 Å². The molecule has 0 N–H and O–H groups in total. The molecule has 0 aromatic carbocycles. The van der Waals surface area contributed by atoms with E-state index in [9.17, 15) is 0 Å². The van der Waals surface area contributed by atoms with Crippen molar-refractivity contribution in [3.8, 4) is 0 Å². The molecule has 0 nitrogen and oxygen atoms in total. The highest BCUT2D eigenvalue weighted by Crippen LogP contribution is 2.79. The van der Waals surface area contributed by atoms with Gasteiger partial charge in [-0.15, -0.1) is 46.4 Å². The number of fused-ring (bicyclic) bond motifs is 5. The van der Waals surface area contributed by atoms with Crippen LogP contribution in [-0.4, -0.2) is 24.8 Å². The minimum Gasteiger partial charge on any atom is -0.121 e. The smallest absolute Gasteiger partial charge is 0.121 e. The van der Waals surface area contributed by atoms with Crippen LogP contribution in [0.25, 0.3) is 0 Å². The van der Waals surface area contributed by atoms with Crippen LogP contribution >= 0.6 is 92.8 Å². The minimum absolute atomic E-state index is 0.184. The van der Waals surface area contributed by atoms with Crippen LogP contribution < -0.4 is 0 Å². The van der Waals surface area contributed by atoms with E-state index in [2.05, 4.69) is 0 Å². The van der Waals surface area contributed by atoms with E-state index in [1.165, 1.54) is 0 Å². The molecule has 0 unspecified atom stereocenters. The van der Waals surface area contributed by atoms with Gasteiger partial charge in [0.05, 0.1) is 20.8 Å². The standard InChI is InChI=1S/C10H6Cl8/c11-3-1-2-4(5(3)12)9(16)7(14)6(13)8(2,15)10(9,17)18/h2-5H,1H2/t2-,3+,4+,5+,8-,9-/m0/s1. The number of halogens is 8. The Morgan fingerprint density at radius 3 is 1.94 bits per heavy atom. The summed E-state index contributed by atoms with van der Waals surface area (Å²) in [6.45, 7) is 0. The summed E-state index contributed by atoms with van der Waals surface area (Å²) in [6.07, 6.45) is 0.555. The number of allylic oxidation sites excluding steroid dienone is 2. The zero-order chi connectivity index (χ0) is 13.7. The molecule has 0 saturated heterocycles. The number of hydrogen-bond acceptors (Lipinski definition) is 0. The van der Waals surface area contributed by atoms with Gasteiger partial charge in [-0.1, -0.05) is 46.4 Å². The molecular formula is C10H6Cl8. The highest BCUT2D eigenvalue weighted by atomic mass is 35.5. The first-order valence-corrected chi connectivity index (χ1v) is 8.35. The minimum atomic E-state index is -1.50. The average Bonchev–Trinajstić information content (AvgIpc) is 2.69. The lowest BCUT2D eigenvalue weighted by molar-refractivity contribution is 0.385. The molecule has 3 aliphatic rings. The van der Waals surface area contributed by atoms with Gasteiger partial charge < -0.3 is 0 Å². The lowest BCUT2D eigenvalue weighted by Gasteiger charge is -2.35. The molecule has 2 bridgehead atoms. The molecule has 0 radical (unpaired) electrons. The molecule has 3 rings (SSSR count). The maximum Gasteiger partial charge on any atom is 0.166 e. The van der Waals surface area contributed by atoms with Crippen LogP contribution in [0.2, 0.25) is 0 Å². The van der Waals surface area contributed by atoms with Crippen molar-refractivity contribution in [1.82, 2.24) is 0 Å². The quantitative estimate of drug-likeness (QED) is 0.451. The zero-order valence-corrected chi connectivity index (χ0v) is 14.6. The van der Waals surface area contributed by atoms with Crippen LogP contribution in [0.5, 0.6) is 0 Å². The predicted octanol–water partition coefficient (Wildman–Crippen LogP) is 5.68. The van der Waals surface area contributed by atoms with Crippen LogP contribution in [0.3, 0.4) is 0 Å². The van der Waals surface area contributed by atoms with E-state index >= 15 is 0 Å². The SMILES string of the molecule is ClC1=C(Cl)[C@@]2(Cl)[C@H]3C[C@@H](Cl)[C@@H](Cl)[C@@H]3[C@@]1(Cl)C2(Cl)Cl. The van der Waals surface area contributed by atoms with E-state index in [1.54, 1.807) is 0 Å². The number of hydrogen-bond donors (Lipinski definition) is 0. The first-order valence-electron chi connectivity index (χ1n) is 5.21. The Labute approximate surface area is 145 Å². The van der Waals surface area contributed by atoms with E-state index in [-0.39, 0.29) is 27.3 Å². The molecule has 0 amide bonds. The van der Waals surface area contributed by atoms with Crippen LogP contribution in [0, 0.1) is 11.8 Å². The normalized spacial score (nSPS) is 57.3. The largest absolute Gasteiger partial charge is 0.166 e. The first kappa shape index (κ1) is 15.0. The van der Waals surface area contributed by atoms with E-state index in [1.807, 2.05) is 0 Å². The molecule has 8 heteroatoms. The van der Waals surface area contributed by atoms with Gasteiger partial charge in [0.25, 0.3) is 0 Å². The zero-order valence-electron chi connectivity index (χ0n) is 8.54. The van der Waals surface area contributed by atoms with Gasteiger partial charge in [0.15, 0.2) is 4.33 Å². The van der Waals surface area contributed by atoms with Crippen molar-refractivity contribution in [3.63, 3.8) is 0 Å². The van der Waals surface area contributed by atoms with Crippen molar-refractivity contribution in [3.05, 3.63) is 10.1 Å². The second-order valence-corrected chi connectivity index (χ2v) is 9.29. The molecule has 3 aliphatic carbocycles. The Bertz CT molecular complexity index is 459. The summed E-state index contributed by atoms with van der Waals surface area (Å²) < 4.78 is -1.50. The van der Waals surface area contributed by atoms with Crippen LogP contribution in [0.15, 0.2) is 10.1 Å². The lowest BCUT2D eigenvalue weighted by Crippen LogP contribution is -2.47. The second-order valence-electron chi connectivity index (χ2n) is 4.95. The molecule has 2 saturated carbocycles. The van der Waals surface area contributed by atoms with Crippen LogP contribution in [0.4, 0.5) is 0 Å². The van der Waals surface area contributed by atoms with Gasteiger partial charge in [-0.2, -0.15) is 0 Å². The molecule has 0 aliphatic heterocycles. The summed E-state index contributed by atoms with van der Waals surface area (Å²) in [7, 11) is 0. The maximum atomic E-state index is 6.62. The topological polar surface area (TPSA) is 0 Å². The molecule has 6 atom stereocenters. The summed E-state index contributed by atoms with van der Waals surface area (Å²) in [4.78, 5) is -2.50. The molecule has 0 spiro atoms. The Balaban J connectivity index is 2.26. The van der Waals surface area contributed by atoms with Gasteiger partial charge >= 0.3 is 0 Å². The maximum absolute atomic E-state index is 6.62. The third-order valence-electron chi connectivity index (χ3n) is 4.32. The third kappa shape index (κ3) is 1.28. The molecule has 18 heavy (non-hydrogen) atoms. The Kier molecular flexibility index (Phi) is 3.39. The first-order chi connectivity index (χ1) is 8.11. The molecule has 2 fully saturated rings. The van der Waals surface area contributed by atoms with Gasteiger partial charge in [0.1, 0.15) is 9.75 Å². The van der Waals surface area contributed by atoms with Gasteiger partial charge in [0, 0.05) is 5.92 Å². The highest BCUT2D eigenvalue weighted by Gasteiger charge is 2.84. The summed E-state index contributed by atoms with van der Waals surface area (Å²) in [5.74, 6) is -0.488. The fourth-order valence-electron chi connectivity index (χ4n) is 3.48. The summed E-state index contributed by atoms with van der Waals surface area (Å²) in [6, 6.07) is 0. The second kappa shape index (κ2) is 4.07. The van der Waals surface area contributed by atoms with Crippen molar-refractivity contribution in [2.45, 2.75) is 31.3 Å². The molecular weight excluding hydrogens is 404 g/mol. The lowest BCUT2D eigenvalue weighted by atomic mass is 9.84. The fourth-order valence-corrected chi connectivity index (χ4v) is 7.46. The van der Waals surface area contributed by atoms with Gasteiger partial charge in [-0.3, -0.25) is 0 Å². The molecule has 102 valence electrons. The van der Waals surface area contributed by atoms with E-state index in [0.29, 0.717) is 6.42 Å². The van der Waals surface area contributed by atoms with Crippen molar-refractivity contribution >= 4 is 92.8 Å². The van der Waals surface area contributed by atoms with Crippen LogP contribution in [0.1, 0.15) is 6.42 Å². The number of rotatable bonds is 0. The fraction of sp³-hybridized carbons (Fsp3) is 0.800. The number of alkyl halides is 6.